The average Bonchev–Trinajstić information content (AvgIpc) is 2.90. The molecule has 4 nitrogen and oxygen atoms in total. The highest BCUT2D eigenvalue weighted by Gasteiger charge is 2.14. The summed E-state index contributed by atoms with van der Waals surface area (Å²) in [5.74, 6) is 1.09. The van der Waals surface area contributed by atoms with Crippen LogP contribution in [0, 0.1) is 0 Å². The van der Waals surface area contributed by atoms with Gasteiger partial charge in [0.05, 0.1) is 0 Å². The molecule has 0 bridgehead atoms. The fraction of sp³-hybridized carbons (Fsp3) is 0.929. The minimum absolute atomic E-state index is 0.836. The first-order valence-electron chi connectivity index (χ1n) is 7.49. The van der Waals surface area contributed by atoms with Gasteiger partial charge in [0.2, 0.25) is 0 Å². The van der Waals surface area contributed by atoms with Gasteiger partial charge in [0, 0.05) is 39.4 Å². The second-order valence-corrected chi connectivity index (χ2v) is 4.75. The van der Waals surface area contributed by atoms with Gasteiger partial charge in [0.1, 0.15) is 0 Å². The lowest BCUT2D eigenvalue weighted by Crippen LogP contribution is -2.39. The summed E-state index contributed by atoms with van der Waals surface area (Å²) in [5.41, 5.74) is 0. The first kappa shape index (κ1) is 15.3. The first-order chi connectivity index (χ1) is 8.88. The van der Waals surface area contributed by atoms with Gasteiger partial charge in [-0.3, -0.25) is 4.99 Å². The van der Waals surface area contributed by atoms with E-state index in [2.05, 4.69) is 29.1 Å². The number of hydrogen-bond donors (Lipinski definition) is 1. The Kier molecular flexibility index (Phi) is 8.65. The van der Waals surface area contributed by atoms with Crippen LogP contribution < -0.4 is 5.32 Å². The van der Waals surface area contributed by atoms with Crippen LogP contribution in [0.15, 0.2) is 4.99 Å². The summed E-state index contributed by atoms with van der Waals surface area (Å²) >= 11 is 0. The smallest absolute Gasteiger partial charge is 0.193 e. The first-order valence-corrected chi connectivity index (χ1v) is 7.49. The Balaban J connectivity index is 2.15. The summed E-state index contributed by atoms with van der Waals surface area (Å²) in [6, 6.07) is 0. The van der Waals surface area contributed by atoms with E-state index in [1.807, 2.05) is 0 Å². The number of rotatable bonds is 8. The maximum atomic E-state index is 5.54. The molecule has 0 atom stereocenters. The van der Waals surface area contributed by atoms with E-state index in [4.69, 9.17) is 4.74 Å². The molecule has 18 heavy (non-hydrogen) atoms. The zero-order chi connectivity index (χ0) is 13.1. The van der Waals surface area contributed by atoms with Gasteiger partial charge >= 0.3 is 0 Å². The van der Waals surface area contributed by atoms with Crippen molar-refractivity contribution < 1.29 is 4.74 Å². The third-order valence-corrected chi connectivity index (χ3v) is 3.09. The SMILES string of the molecule is CCCCOCCCN=C(NCC)N1CCCC1. The highest BCUT2D eigenvalue weighted by molar-refractivity contribution is 5.80. The molecular weight excluding hydrogens is 226 g/mol. The molecular formula is C14H29N3O. The maximum absolute atomic E-state index is 5.54. The van der Waals surface area contributed by atoms with Gasteiger partial charge in [-0.15, -0.1) is 0 Å². The molecule has 0 unspecified atom stereocenters. The minimum atomic E-state index is 0.836. The van der Waals surface area contributed by atoms with Crippen molar-refractivity contribution in [3.05, 3.63) is 0 Å². The molecule has 106 valence electrons. The zero-order valence-corrected chi connectivity index (χ0v) is 12.1. The summed E-state index contributed by atoms with van der Waals surface area (Å²) < 4.78 is 5.54. The number of likely N-dealkylation sites (tertiary alicyclic amines) is 1. The third kappa shape index (κ3) is 6.24. The van der Waals surface area contributed by atoms with Crippen LogP contribution in [-0.4, -0.2) is 50.3 Å². The lowest BCUT2D eigenvalue weighted by atomic mass is 10.4. The highest BCUT2D eigenvalue weighted by Crippen LogP contribution is 2.07. The quantitative estimate of drug-likeness (QED) is 0.410. The van der Waals surface area contributed by atoms with Crippen LogP contribution in [0.5, 0.6) is 0 Å². The van der Waals surface area contributed by atoms with Gasteiger partial charge in [-0.05, 0) is 32.6 Å². The second-order valence-electron chi connectivity index (χ2n) is 4.75. The minimum Gasteiger partial charge on any atom is -0.381 e. The van der Waals surface area contributed by atoms with E-state index in [-0.39, 0.29) is 0 Å². The maximum Gasteiger partial charge on any atom is 0.193 e. The molecule has 0 radical (unpaired) electrons. The molecule has 1 aliphatic heterocycles. The Hall–Kier alpha value is -0.770. The molecule has 0 aromatic heterocycles. The molecule has 0 aromatic carbocycles. The lowest BCUT2D eigenvalue weighted by Gasteiger charge is -2.20. The third-order valence-electron chi connectivity index (χ3n) is 3.09. The number of nitrogens with zero attached hydrogens (tertiary/aromatic N) is 2. The van der Waals surface area contributed by atoms with E-state index >= 15 is 0 Å². The molecule has 1 N–H and O–H groups in total. The lowest BCUT2D eigenvalue weighted by molar-refractivity contribution is 0.130. The topological polar surface area (TPSA) is 36.9 Å². The van der Waals surface area contributed by atoms with Crippen LogP contribution in [-0.2, 0) is 4.74 Å². The van der Waals surface area contributed by atoms with Crippen LogP contribution in [0.3, 0.4) is 0 Å². The van der Waals surface area contributed by atoms with Crippen LogP contribution in [0.2, 0.25) is 0 Å². The molecule has 0 spiro atoms. The Labute approximate surface area is 112 Å². The summed E-state index contributed by atoms with van der Waals surface area (Å²) in [5, 5.41) is 3.37. The normalized spacial score (nSPS) is 16.3. The van der Waals surface area contributed by atoms with Crippen molar-refractivity contribution in [1.82, 2.24) is 10.2 Å². The van der Waals surface area contributed by atoms with E-state index in [1.54, 1.807) is 0 Å². The van der Waals surface area contributed by atoms with E-state index in [0.29, 0.717) is 0 Å². The van der Waals surface area contributed by atoms with Crippen molar-refractivity contribution in [3.8, 4) is 0 Å². The van der Waals surface area contributed by atoms with Gasteiger partial charge in [0.25, 0.3) is 0 Å². The van der Waals surface area contributed by atoms with Crippen molar-refractivity contribution in [2.24, 2.45) is 4.99 Å². The summed E-state index contributed by atoms with van der Waals surface area (Å²) in [6.07, 6.45) is 5.99. The molecule has 1 aliphatic rings. The predicted molar refractivity (Wildman–Crippen MR) is 77.1 cm³/mol. The Morgan fingerprint density at radius 2 is 1.89 bits per heavy atom. The van der Waals surface area contributed by atoms with Crippen LogP contribution in [0.4, 0.5) is 0 Å². The molecule has 0 aromatic rings. The van der Waals surface area contributed by atoms with Crippen molar-refractivity contribution in [2.75, 3.05) is 39.4 Å². The van der Waals surface area contributed by atoms with Gasteiger partial charge in [-0.2, -0.15) is 0 Å². The zero-order valence-electron chi connectivity index (χ0n) is 12.1. The van der Waals surface area contributed by atoms with Crippen molar-refractivity contribution in [3.63, 3.8) is 0 Å². The van der Waals surface area contributed by atoms with Gasteiger partial charge in [0.15, 0.2) is 5.96 Å². The fourth-order valence-electron chi connectivity index (χ4n) is 2.05. The summed E-state index contributed by atoms with van der Waals surface area (Å²) in [4.78, 5) is 7.03. The van der Waals surface area contributed by atoms with Crippen molar-refractivity contribution in [1.29, 1.82) is 0 Å². The molecule has 0 amide bonds. The molecule has 4 heteroatoms. The van der Waals surface area contributed by atoms with Crippen molar-refractivity contribution in [2.45, 2.75) is 46.0 Å². The number of ether oxygens (including phenoxy) is 1. The van der Waals surface area contributed by atoms with Gasteiger partial charge in [-0.1, -0.05) is 13.3 Å². The van der Waals surface area contributed by atoms with Crippen LogP contribution >= 0.6 is 0 Å². The number of unbranched alkanes of at least 4 members (excludes halogenated alkanes) is 1. The molecule has 1 heterocycles. The van der Waals surface area contributed by atoms with E-state index in [9.17, 15) is 0 Å². The molecule has 1 saturated heterocycles. The van der Waals surface area contributed by atoms with E-state index in [0.717, 1.165) is 51.8 Å². The molecule has 1 fully saturated rings. The molecule has 0 aliphatic carbocycles. The standard InChI is InChI=1S/C14H29N3O/c1-3-5-12-18-13-8-9-16-14(15-4-2)17-10-6-7-11-17/h3-13H2,1-2H3,(H,15,16). The van der Waals surface area contributed by atoms with Crippen LogP contribution in [0.1, 0.15) is 46.0 Å². The second kappa shape index (κ2) is 10.2. The largest absolute Gasteiger partial charge is 0.381 e. The molecule has 1 rings (SSSR count). The molecule has 0 saturated carbocycles. The van der Waals surface area contributed by atoms with E-state index < -0.39 is 0 Å². The number of aliphatic imine (C=N–C) groups is 1. The number of nitrogens with one attached hydrogen (secondary N) is 1. The summed E-state index contributed by atoms with van der Waals surface area (Å²) in [7, 11) is 0. The predicted octanol–water partition coefficient (Wildman–Crippen LogP) is 2.25. The number of guanidine groups is 1. The Bertz CT molecular complexity index is 225. The average molecular weight is 255 g/mol. The number of hydrogen-bond acceptors (Lipinski definition) is 2. The Morgan fingerprint density at radius 1 is 1.17 bits per heavy atom. The van der Waals surface area contributed by atoms with Gasteiger partial charge in [-0.25, -0.2) is 0 Å². The van der Waals surface area contributed by atoms with Gasteiger partial charge < -0.3 is 15.0 Å². The van der Waals surface area contributed by atoms with E-state index in [1.165, 1.54) is 25.7 Å². The van der Waals surface area contributed by atoms with Crippen molar-refractivity contribution >= 4 is 5.96 Å². The Morgan fingerprint density at radius 3 is 2.56 bits per heavy atom. The van der Waals surface area contributed by atoms with Crippen LogP contribution in [0.25, 0.3) is 0 Å². The fourth-order valence-corrected chi connectivity index (χ4v) is 2.05. The monoisotopic (exact) mass is 255 g/mol. The summed E-state index contributed by atoms with van der Waals surface area (Å²) in [6.45, 7) is 10.2. The highest BCUT2D eigenvalue weighted by atomic mass is 16.5.